The van der Waals surface area contributed by atoms with E-state index in [0.717, 1.165) is 12.1 Å². The normalized spacial score (nSPS) is 9.54. The van der Waals surface area contributed by atoms with E-state index in [1.807, 2.05) is 0 Å². The van der Waals surface area contributed by atoms with Crippen LogP contribution in [0.1, 0.15) is 20.7 Å². The van der Waals surface area contributed by atoms with Gasteiger partial charge in [-0.1, -0.05) is 0 Å². The number of hydrogen-bond acceptors (Lipinski definition) is 2. The maximum Gasteiger partial charge on any atom is 0.252 e. The first-order valence-corrected chi connectivity index (χ1v) is 3.43. The number of rotatable bonds is 2. The van der Waals surface area contributed by atoms with Crippen LogP contribution in [0.3, 0.4) is 0 Å². The van der Waals surface area contributed by atoms with Gasteiger partial charge in [0.25, 0.3) is 5.91 Å². The lowest BCUT2D eigenvalue weighted by molar-refractivity contribution is 0.0996. The lowest BCUT2D eigenvalue weighted by Crippen LogP contribution is -2.15. The van der Waals surface area contributed by atoms with Gasteiger partial charge in [0.15, 0.2) is 5.75 Å². The molecule has 0 unspecified atom stereocenters. The lowest BCUT2D eigenvalue weighted by atomic mass is 10.1. The van der Waals surface area contributed by atoms with Gasteiger partial charge in [0.05, 0.1) is 5.56 Å². The number of hydrogen-bond donors (Lipinski definition) is 2. The maximum absolute atomic E-state index is 11.0. The summed E-state index contributed by atoms with van der Waals surface area (Å²) in [6, 6.07) is 3.42. The summed E-state index contributed by atoms with van der Waals surface area (Å²) in [7, 11) is 0. The lowest BCUT2D eigenvalue weighted by Gasteiger charge is -1.99. The fourth-order valence-corrected chi connectivity index (χ4v) is 0.876. The third-order valence-electron chi connectivity index (χ3n) is 1.53. The van der Waals surface area contributed by atoms with Crippen LogP contribution in [0.4, 0.5) is 0 Å². The van der Waals surface area contributed by atoms with Crippen molar-refractivity contribution < 1.29 is 14.7 Å². The second-order valence-corrected chi connectivity index (χ2v) is 2.44. The molecule has 0 bridgehead atoms. The fourth-order valence-electron chi connectivity index (χ4n) is 0.876. The molecule has 4 N–H and O–H groups in total. The van der Waals surface area contributed by atoms with Crippen LogP contribution in [0.25, 0.3) is 0 Å². The van der Waals surface area contributed by atoms with Crippen molar-refractivity contribution >= 4 is 11.8 Å². The van der Waals surface area contributed by atoms with Crippen molar-refractivity contribution in [3.63, 3.8) is 0 Å². The Bertz CT molecular complexity index is 374. The Balaban J connectivity index is 3.27. The van der Waals surface area contributed by atoms with E-state index in [2.05, 4.69) is 0 Å². The van der Waals surface area contributed by atoms with Crippen LogP contribution in [-0.4, -0.2) is 11.8 Å². The summed E-state index contributed by atoms with van der Waals surface area (Å²) in [5.74, 6) is -2.09. The van der Waals surface area contributed by atoms with Gasteiger partial charge in [0.2, 0.25) is 5.91 Å². The molecule has 1 aromatic rings. The Morgan fingerprint density at radius 3 is 2.15 bits per heavy atom. The van der Waals surface area contributed by atoms with Gasteiger partial charge in [-0.2, -0.15) is 0 Å². The van der Waals surface area contributed by atoms with E-state index in [1.165, 1.54) is 6.07 Å². The number of benzene rings is 1. The molecule has 13 heavy (non-hydrogen) atoms. The number of carbonyl (C=O) groups is 2. The molecule has 0 atom stereocenters. The quantitative estimate of drug-likeness (QED) is 0.668. The van der Waals surface area contributed by atoms with E-state index in [0.29, 0.717) is 0 Å². The molecule has 1 rings (SSSR count). The average Bonchev–Trinajstić information content (AvgIpc) is 2.04. The van der Waals surface area contributed by atoms with E-state index in [9.17, 15) is 14.7 Å². The Kier molecular flexibility index (Phi) is 2.19. The Morgan fingerprint density at radius 2 is 1.69 bits per heavy atom. The summed E-state index contributed by atoms with van der Waals surface area (Å²) < 4.78 is 0. The molecule has 0 aliphatic heterocycles. The molecule has 0 aliphatic carbocycles. The van der Waals surface area contributed by atoms with E-state index in [4.69, 9.17) is 11.5 Å². The molecule has 0 aromatic heterocycles. The molecule has 1 aromatic carbocycles. The van der Waals surface area contributed by atoms with Crippen LogP contribution in [0.15, 0.2) is 18.2 Å². The molecule has 0 spiro atoms. The predicted molar refractivity (Wildman–Crippen MR) is 43.6 cm³/mol. The topological polar surface area (TPSA) is 106 Å². The highest BCUT2D eigenvalue weighted by Crippen LogP contribution is 2.18. The second-order valence-electron chi connectivity index (χ2n) is 2.44. The number of nitrogens with two attached hydrogens (primary N) is 2. The van der Waals surface area contributed by atoms with Crippen molar-refractivity contribution in [2.75, 3.05) is 0 Å². The van der Waals surface area contributed by atoms with Gasteiger partial charge in [0.1, 0.15) is 0 Å². The monoisotopic (exact) mass is 179 g/mol. The molecule has 2 amide bonds. The maximum atomic E-state index is 11.0. The Hall–Kier alpha value is -2.04. The van der Waals surface area contributed by atoms with Gasteiger partial charge in [-0.15, -0.1) is 0 Å². The molecular weight excluding hydrogens is 172 g/mol. The summed E-state index contributed by atoms with van der Waals surface area (Å²) in [5.41, 5.74) is 9.70. The highest BCUT2D eigenvalue weighted by atomic mass is 16.3. The zero-order valence-electron chi connectivity index (χ0n) is 6.61. The minimum atomic E-state index is -0.867. The smallest absolute Gasteiger partial charge is 0.252 e. The molecule has 5 heteroatoms. The molecule has 0 fully saturated rings. The molecule has 1 radical (unpaired) electrons. The molecule has 5 nitrogen and oxygen atoms in total. The van der Waals surface area contributed by atoms with Gasteiger partial charge < -0.3 is 11.5 Å². The van der Waals surface area contributed by atoms with Crippen LogP contribution in [0.2, 0.25) is 0 Å². The van der Waals surface area contributed by atoms with Crippen molar-refractivity contribution in [3.8, 4) is 5.75 Å². The fraction of sp³-hybridized carbons (Fsp3) is 0. The van der Waals surface area contributed by atoms with Crippen molar-refractivity contribution in [2.24, 2.45) is 11.5 Å². The Morgan fingerprint density at radius 1 is 1.08 bits per heavy atom. The molecular formula is C8H7N2O3. The zero-order valence-corrected chi connectivity index (χ0v) is 6.61. The first-order chi connectivity index (χ1) is 6.02. The standard InChI is InChI=1S/C8H7N2O3/c9-7(12)4-1-2-6(11)5(3-4)8(10)13/h1-3H,(H2,9,12)(H2,10,13). The minimum Gasteiger partial charge on any atom is -0.366 e. The summed E-state index contributed by atoms with van der Waals surface area (Å²) in [6.45, 7) is 0. The summed E-state index contributed by atoms with van der Waals surface area (Å²) >= 11 is 0. The van der Waals surface area contributed by atoms with E-state index in [-0.39, 0.29) is 11.1 Å². The highest BCUT2D eigenvalue weighted by molar-refractivity contribution is 6.00. The van der Waals surface area contributed by atoms with Gasteiger partial charge >= 0.3 is 0 Å². The molecule has 0 heterocycles. The first kappa shape index (κ1) is 9.05. The molecule has 67 valence electrons. The molecule has 0 aliphatic rings. The number of primary amides is 2. The number of carbonyl (C=O) groups excluding carboxylic acids is 2. The van der Waals surface area contributed by atoms with Crippen LogP contribution in [0, 0.1) is 0 Å². The second kappa shape index (κ2) is 3.14. The zero-order chi connectivity index (χ0) is 10.0. The Labute approximate surface area is 74.0 Å². The van der Waals surface area contributed by atoms with Crippen LogP contribution in [-0.2, 0) is 5.11 Å². The van der Waals surface area contributed by atoms with Gasteiger partial charge in [-0.05, 0) is 18.2 Å². The highest BCUT2D eigenvalue weighted by Gasteiger charge is 2.11. The SMILES string of the molecule is NC(=O)c1ccc([O])c(C(N)=O)c1. The minimum absolute atomic E-state index is 0.0911. The number of amides is 2. The molecule has 0 saturated carbocycles. The van der Waals surface area contributed by atoms with Crippen molar-refractivity contribution in [1.82, 2.24) is 0 Å². The van der Waals surface area contributed by atoms with Crippen molar-refractivity contribution in [3.05, 3.63) is 29.3 Å². The molecule has 0 saturated heterocycles. The summed E-state index contributed by atoms with van der Waals surface area (Å²) in [5, 5.41) is 11.0. The van der Waals surface area contributed by atoms with Crippen LogP contribution < -0.4 is 11.5 Å². The third kappa shape index (κ3) is 1.76. The van der Waals surface area contributed by atoms with E-state index in [1.54, 1.807) is 0 Å². The van der Waals surface area contributed by atoms with Gasteiger partial charge in [-0.3, -0.25) is 14.7 Å². The third-order valence-corrected chi connectivity index (χ3v) is 1.53. The first-order valence-electron chi connectivity index (χ1n) is 3.43. The van der Waals surface area contributed by atoms with Gasteiger partial charge in [0, 0.05) is 5.56 Å². The summed E-state index contributed by atoms with van der Waals surface area (Å²) in [6.07, 6.45) is 0. The van der Waals surface area contributed by atoms with Crippen molar-refractivity contribution in [1.29, 1.82) is 0 Å². The van der Waals surface area contributed by atoms with Gasteiger partial charge in [-0.25, -0.2) is 0 Å². The average molecular weight is 179 g/mol. The van der Waals surface area contributed by atoms with E-state index < -0.39 is 17.6 Å². The largest absolute Gasteiger partial charge is 0.366 e. The predicted octanol–water partition coefficient (Wildman–Crippen LogP) is 0.0282. The van der Waals surface area contributed by atoms with Crippen LogP contribution in [0.5, 0.6) is 5.75 Å². The van der Waals surface area contributed by atoms with Crippen molar-refractivity contribution in [2.45, 2.75) is 0 Å². The van der Waals surface area contributed by atoms with E-state index >= 15 is 0 Å². The summed E-state index contributed by atoms with van der Waals surface area (Å²) in [4.78, 5) is 21.3. The van der Waals surface area contributed by atoms with Crippen LogP contribution >= 0.6 is 0 Å².